The van der Waals surface area contributed by atoms with E-state index >= 15 is 0 Å². The number of benzene rings is 2. The van der Waals surface area contributed by atoms with Crippen LogP contribution in [0.5, 0.6) is 0 Å². The van der Waals surface area contributed by atoms with Crippen LogP contribution < -0.4 is 9.62 Å². The van der Waals surface area contributed by atoms with Gasteiger partial charge in [0.2, 0.25) is 15.9 Å². The predicted octanol–water partition coefficient (Wildman–Crippen LogP) is 2.74. The van der Waals surface area contributed by atoms with E-state index in [9.17, 15) is 17.6 Å². The molecule has 0 aromatic heterocycles. The highest BCUT2D eigenvalue weighted by molar-refractivity contribution is 7.89. The van der Waals surface area contributed by atoms with Crippen LogP contribution in [-0.4, -0.2) is 20.9 Å². The van der Waals surface area contributed by atoms with E-state index in [1.807, 2.05) is 0 Å². The summed E-state index contributed by atoms with van der Waals surface area (Å²) in [5.74, 6) is -0.303. The first-order chi connectivity index (χ1) is 11.9. The van der Waals surface area contributed by atoms with Crippen molar-refractivity contribution in [2.45, 2.75) is 31.2 Å². The molecule has 1 fully saturated rings. The Morgan fingerprint density at radius 1 is 1.16 bits per heavy atom. The Hall–Kier alpha value is -2.25. The molecule has 0 atom stereocenters. The minimum absolute atomic E-state index is 0.0631. The van der Waals surface area contributed by atoms with Crippen LogP contribution in [0, 0.1) is 12.7 Å². The summed E-state index contributed by atoms with van der Waals surface area (Å²) in [7, 11) is -3.69. The van der Waals surface area contributed by atoms with Gasteiger partial charge in [-0.25, -0.2) is 17.5 Å². The van der Waals surface area contributed by atoms with Crippen molar-refractivity contribution in [1.29, 1.82) is 0 Å². The van der Waals surface area contributed by atoms with E-state index in [0.717, 1.165) is 17.7 Å². The van der Waals surface area contributed by atoms with Crippen LogP contribution in [-0.2, 0) is 21.4 Å². The van der Waals surface area contributed by atoms with Crippen molar-refractivity contribution >= 4 is 21.6 Å². The van der Waals surface area contributed by atoms with Crippen LogP contribution >= 0.6 is 0 Å². The fourth-order valence-corrected chi connectivity index (χ4v) is 3.97. The summed E-state index contributed by atoms with van der Waals surface area (Å²) in [5, 5.41) is 0. The van der Waals surface area contributed by atoms with Crippen molar-refractivity contribution in [2.75, 3.05) is 11.4 Å². The highest BCUT2D eigenvalue weighted by Gasteiger charge is 2.24. The summed E-state index contributed by atoms with van der Waals surface area (Å²) >= 11 is 0. The number of anilines is 1. The van der Waals surface area contributed by atoms with Gasteiger partial charge in [0.25, 0.3) is 0 Å². The molecule has 1 aliphatic rings. The van der Waals surface area contributed by atoms with E-state index < -0.39 is 10.0 Å². The molecule has 5 nitrogen and oxygen atoms in total. The molecule has 132 valence electrons. The zero-order valence-corrected chi connectivity index (χ0v) is 14.6. The number of nitrogens with one attached hydrogen (secondary N) is 1. The van der Waals surface area contributed by atoms with E-state index in [2.05, 4.69) is 4.72 Å². The molecular formula is C18H19FN2O3S. The summed E-state index contributed by atoms with van der Waals surface area (Å²) in [5.41, 5.74) is 2.15. The third-order valence-corrected chi connectivity index (χ3v) is 5.62. The lowest BCUT2D eigenvalue weighted by atomic mass is 10.2. The third kappa shape index (κ3) is 3.88. The second-order valence-electron chi connectivity index (χ2n) is 6.05. The predicted molar refractivity (Wildman–Crippen MR) is 93.2 cm³/mol. The molecular weight excluding hydrogens is 343 g/mol. The lowest BCUT2D eigenvalue weighted by Gasteiger charge is -2.19. The Morgan fingerprint density at radius 2 is 1.88 bits per heavy atom. The van der Waals surface area contributed by atoms with Crippen LogP contribution in [0.2, 0.25) is 0 Å². The van der Waals surface area contributed by atoms with Gasteiger partial charge in [0.1, 0.15) is 5.82 Å². The topological polar surface area (TPSA) is 66.5 Å². The molecule has 3 rings (SSSR count). The SMILES string of the molecule is Cc1cc(S(=O)(=O)NCc2ccc(F)cc2)ccc1N1CCCC1=O. The first-order valence-corrected chi connectivity index (χ1v) is 9.50. The molecule has 0 radical (unpaired) electrons. The Kier molecular flexibility index (Phi) is 4.87. The standard InChI is InChI=1S/C18H19FN2O3S/c1-13-11-16(8-9-17(13)21-10-2-3-18(21)22)25(23,24)20-12-14-4-6-15(19)7-5-14/h4-9,11,20H,2-3,10,12H2,1H3. The van der Waals surface area contributed by atoms with E-state index in [4.69, 9.17) is 0 Å². The van der Waals surface area contributed by atoms with Crippen molar-refractivity contribution in [2.24, 2.45) is 0 Å². The molecule has 0 aliphatic carbocycles. The van der Waals surface area contributed by atoms with Crippen LogP contribution in [0.1, 0.15) is 24.0 Å². The van der Waals surface area contributed by atoms with Crippen molar-refractivity contribution in [3.8, 4) is 0 Å². The molecule has 0 saturated carbocycles. The van der Waals surface area contributed by atoms with Crippen LogP contribution in [0.25, 0.3) is 0 Å². The van der Waals surface area contributed by atoms with E-state index in [1.54, 1.807) is 24.0 Å². The van der Waals surface area contributed by atoms with Gasteiger partial charge < -0.3 is 4.90 Å². The van der Waals surface area contributed by atoms with Crippen molar-refractivity contribution in [1.82, 2.24) is 4.72 Å². The molecule has 2 aromatic rings. The number of hydrogen-bond donors (Lipinski definition) is 1. The molecule has 1 heterocycles. The van der Waals surface area contributed by atoms with Gasteiger partial charge in [-0.15, -0.1) is 0 Å². The van der Waals surface area contributed by atoms with Gasteiger partial charge >= 0.3 is 0 Å². The van der Waals surface area contributed by atoms with Gasteiger partial charge in [0.15, 0.2) is 0 Å². The lowest BCUT2D eigenvalue weighted by molar-refractivity contribution is -0.117. The maximum atomic E-state index is 12.9. The number of nitrogens with zero attached hydrogens (tertiary/aromatic N) is 1. The van der Waals surface area contributed by atoms with Gasteiger partial charge in [-0.1, -0.05) is 12.1 Å². The van der Waals surface area contributed by atoms with Crippen LogP contribution in [0.3, 0.4) is 0 Å². The Balaban J connectivity index is 1.76. The molecule has 0 spiro atoms. The van der Waals surface area contributed by atoms with Gasteiger partial charge in [-0.2, -0.15) is 0 Å². The van der Waals surface area contributed by atoms with Crippen molar-refractivity contribution in [3.63, 3.8) is 0 Å². The normalized spacial score (nSPS) is 15.0. The van der Waals surface area contributed by atoms with Gasteiger partial charge in [0.05, 0.1) is 4.90 Å². The Bertz CT molecular complexity index is 895. The average molecular weight is 362 g/mol. The maximum Gasteiger partial charge on any atom is 0.240 e. The zero-order chi connectivity index (χ0) is 18.0. The quantitative estimate of drug-likeness (QED) is 0.889. The monoisotopic (exact) mass is 362 g/mol. The molecule has 1 amide bonds. The number of aryl methyl sites for hydroxylation is 1. The highest BCUT2D eigenvalue weighted by Crippen LogP contribution is 2.27. The fourth-order valence-electron chi connectivity index (χ4n) is 2.86. The van der Waals surface area contributed by atoms with Gasteiger partial charge in [-0.3, -0.25) is 4.79 Å². The smallest absolute Gasteiger partial charge is 0.240 e. The first kappa shape index (κ1) is 17.6. The molecule has 25 heavy (non-hydrogen) atoms. The van der Waals surface area contributed by atoms with E-state index in [0.29, 0.717) is 18.5 Å². The minimum atomic E-state index is -3.69. The summed E-state index contributed by atoms with van der Waals surface area (Å²) in [6.07, 6.45) is 1.34. The summed E-state index contributed by atoms with van der Waals surface area (Å²) in [6, 6.07) is 10.4. The Morgan fingerprint density at radius 3 is 2.48 bits per heavy atom. The summed E-state index contributed by atoms with van der Waals surface area (Å²) in [6.45, 7) is 2.53. The van der Waals surface area contributed by atoms with Gasteiger partial charge in [0, 0.05) is 25.2 Å². The zero-order valence-electron chi connectivity index (χ0n) is 13.8. The molecule has 1 aliphatic heterocycles. The maximum absolute atomic E-state index is 12.9. The van der Waals surface area contributed by atoms with Crippen LogP contribution in [0.4, 0.5) is 10.1 Å². The molecule has 2 aromatic carbocycles. The fraction of sp³-hybridized carbons (Fsp3) is 0.278. The van der Waals surface area contributed by atoms with E-state index in [-0.39, 0.29) is 23.2 Å². The number of halogens is 1. The second-order valence-corrected chi connectivity index (χ2v) is 7.82. The minimum Gasteiger partial charge on any atom is -0.312 e. The molecule has 0 bridgehead atoms. The first-order valence-electron chi connectivity index (χ1n) is 8.02. The molecule has 1 N–H and O–H groups in total. The number of rotatable bonds is 5. The molecule has 7 heteroatoms. The number of sulfonamides is 1. The van der Waals surface area contributed by atoms with Crippen molar-refractivity contribution < 1.29 is 17.6 Å². The van der Waals surface area contributed by atoms with Gasteiger partial charge in [-0.05, 0) is 54.8 Å². The largest absolute Gasteiger partial charge is 0.312 e. The second kappa shape index (κ2) is 6.93. The number of amides is 1. The molecule has 0 unspecified atom stereocenters. The summed E-state index contributed by atoms with van der Waals surface area (Å²) < 4.78 is 40.3. The van der Waals surface area contributed by atoms with E-state index in [1.165, 1.54) is 30.3 Å². The third-order valence-electron chi connectivity index (χ3n) is 4.22. The number of carbonyl (C=O) groups is 1. The summed E-state index contributed by atoms with van der Waals surface area (Å²) in [4.78, 5) is 13.7. The van der Waals surface area contributed by atoms with Crippen molar-refractivity contribution in [3.05, 3.63) is 59.4 Å². The number of carbonyl (C=O) groups excluding carboxylic acids is 1. The molecule has 1 saturated heterocycles. The average Bonchev–Trinajstić information content (AvgIpc) is 3.00. The lowest BCUT2D eigenvalue weighted by Crippen LogP contribution is -2.26. The number of hydrogen-bond acceptors (Lipinski definition) is 3. The van der Waals surface area contributed by atoms with Crippen LogP contribution in [0.15, 0.2) is 47.4 Å². The highest BCUT2D eigenvalue weighted by atomic mass is 32.2. The Labute approximate surface area is 146 Å².